The fraction of sp³-hybridized carbons (Fsp3) is 0.600. The summed E-state index contributed by atoms with van der Waals surface area (Å²) in [4.78, 5) is 30.0. The Morgan fingerprint density at radius 2 is 1.93 bits per heavy atom. The van der Waals surface area contributed by atoms with Crippen LogP contribution in [0.25, 0.3) is 0 Å². The van der Waals surface area contributed by atoms with Gasteiger partial charge in [0.1, 0.15) is 5.82 Å². The summed E-state index contributed by atoms with van der Waals surface area (Å²) in [6.07, 6.45) is 2.27. The maximum Gasteiger partial charge on any atom is 0.236 e. The molecule has 6 nitrogen and oxygen atoms in total. The van der Waals surface area contributed by atoms with Gasteiger partial charge in [0.25, 0.3) is 0 Å². The van der Waals surface area contributed by atoms with Crippen molar-refractivity contribution in [2.24, 2.45) is 0 Å². The summed E-state index contributed by atoms with van der Waals surface area (Å²) in [5.41, 5.74) is 0.881. The van der Waals surface area contributed by atoms with Crippen molar-refractivity contribution in [1.29, 1.82) is 0 Å². The number of hydrogen-bond acceptors (Lipinski definition) is 5. The van der Waals surface area contributed by atoms with Crippen LogP contribution in [-0.4, -0.2) is 80.4 Å². The van der Waals surface area contributed by atoms with Gasteiger partial charge in [-0.2, -0.15) is 0 Å². The molecule has 3 rings (SSSR count). The summed E-state index contributed by atoms with van der Waals surface area (Å²) in [5, 5.41) is 3.30. The van der Waals surface area contributed by atoms with Gasteiger partial charge in [-0.3, -0.25) is 14.5 Å². The largest absolute Gasteiger partial charge is 0.366 e. The Morgan fingerprint density at radius 1 is 1.19 bits per heavy atom. The Hall–Kier alpha value is -1.99. The number of nitrogens with one attached hydrogen (secondary N) is 1. The molecule has 2 fully saturated rings. The summed E-state index contributed by atoms with van der Waals surface area (Å²) < 4.78 is 14.3. The first kappa shape index (κ1) is 19.8. The van der Waals surface area contributed by atoms with Crippen LogP contribution < -0.4 is 10.2 Å². The van der Waals surface area contributed by atoms with Crippen molar-refractivity contribution in [2.45, 2.75) is 25.8 Å². The molecule has 0 radical (unpaired) electrons. The molecule has 1 aromatic rings. The first-order chi connectivity index (χ1) is 13.0. The molecule has 2 aliphatic heterocycles. The van der Waals surface area contributed by atoms with Gasteiger partial charge < -0.3 is 15.1 Å². The molecule has 0 aromatic heterocycles. The molecule has 0 bridgehead atoms. The highest BCUT2D eigenvalue weighted by Gasteiger charge is 2.26. The molecule has 1 amide bonds. The minimum atomic E-state index is -0.381. The number of anilines is 1. The summed E-state index contributed by atoms with van der Waals surface area (Å²) in [6, 6.07) is 5.08. The van der Waals surface area contributed by atoms with Gasteiger partial charge in [-0.15, -0.1) is 0 Å². The van der Waals surface area contributed by atoms with Crippen molar-refractivity contribution in [3.63, 3.8) is 0 Å². The lowest BCUT2D eigenvalue weighted by Crippen LogP contribution is -2.53. The van der Waals surface area contributed by atoms with E-state index in [0.717, 1.165) is 25.9 Å². The quantitative estimate of drug-likeness (QED) is 0.787. The van der Waals surface area contributed by atoms with Gasteiger partial charge in [0.05, 0.1) is 12.2 Å². The first-order valence-corrected chi connectivity index (χ1v) is 9.70. The topological polar surface area (TPSA) is 55.9 Å². The third-order valence-electron chi connectivity index (χ3n) is 5.60. The van der Waals surface area contributed by atoms with E-state index in [4.69, 9.17) is 0 Å². The number of ketones is 1. The third kappa shape index (κ3) is 4.84. The number of amides is 1. The van der Waals surface area contributed by atoms with Crippen LogP contribution in [0.3, 0.4) is 0 Å². The number of Topliss-reactive ketones (excluding diaryl/α,β-unsaturated/α-hetero) is 1. The predicted octanol–water partition coefficient (Wildman–Crippen LogP) is 1.36. The molecular formula is C20H29FN4O2. The zero-order valence-corrected chi connectivity index (χ0v) is 16.2. The van der Waals surface area contributed by atoms with E-state index < -0.39 is 0 Å². The molecule has 2 aliphatic rings. The second-order valence-corrected chi connectivity index (χ2v) is 7.45. The SMILES string of the molecule is CNC1CCCN(CC(=O)N2CCN(c3ccc(C(C)=O)cc3F)CC2)C1. The third-order valence-corrected chi connectivity index (χ3v) is 5.60. The number of hydrogen-bond donors (Lipinski definition) is 1. The number of piperidine rings is 1. The van der Waals surface area contributed by atoms with Crippen LogP contribution >= 0.6 is 0 Å². The van der Waals surface area contributed by atoms with E-state index in [-0.39, 0.29) is 17.5 Å². The highest BCUT2D eigenvalue weighted by Crippen LogP contribution is 2.22. The normalized spacial score (nSPS) is 21.4. The number of benzene rings is 1. The molecule has 1 aromatic carbocycles. The molecule has 2 saturated heterocycles. The van der Waals surface area contributed by atoms with Crippen molar-refractivity contribution in [1.82, 2.24) is 15.1 Å². The van der Waals surface area contributed by atoms with Crippen molar-refractivity contribution < 1.29 is 14.0 Å². The van der Waals surface area contributed by atoms with Gasteiger partial charge in [0.15, 0.2) is 5.78 Å². The average molecular weight is 376 g/mol. The lowest BCUT2D eigenvalue weighted by atomic mass is 10.1. The number of likely N-dealkylation sites (tertiary alicyclic amines) is 1. The van der Waals surface area contributed by atoms with E-state index in [0.29, 0.717) is 50.0 Å². The molecule has 0 spiro atoms. The predicted molar refractivity (Wildman–Crippen MR) is 104 cm³/mol. The molecular weight excluding hydrogens is 347 g/mol. The van der Waals surface area contributed by atoms with E-state index >= 15 is 0 Å². The van der Waals surface area contributed by atoms with Gasteiger partial charge in [0.2, 0.25) is 5.91 Å². The van der Waals surface area contributed by atoms with Crippen molar-refractivity contribution in [3.8, 4) is 0 Å². The second-order valence-electron chi connectivity index (χ2n) is 7.45. The van der Waals surface area contributed by atoms with Crippen LogP contribution in [0.2, 0.25) is 0 Å². The smallest absolute Gasteiger partial charge is 0.236 e. The number of rotatable bonds is 5. The van der Waals surface area contributed by atoms with Gasteiger partial charge in [-0.05, 0) is 51.6 Å². The number of halogens is 1. The maximum absolute atomic E-state index is 14.3. The van der Waals surface area contributed by atoms with Crippen LogP contribution in [0.1, 0.15) is 30.1 Å². The minimum Gasteiger partial charge on any atom is -0.366 e. The molecule has 0 aliphatic carbocycles. The fourth-order valence-electron chi connectivity index (χ4n) is 3.91. The van der Waals surface area contributed by atoms with Crippen LogP contribution in [0.15, 0.2) is 18.2 Å². The fourth-order valence-corrected chi connectivity index (χ4v) is 3.91. The van der Waals surface area contributed by atoms with Crippen LogP contribution in [0.5, 0.6) is 0 Å². The van der Waals surface area contributed by atoms with Gasteiger partial charge >= 0.3 is 0 Å². The highest BCUT2D eigenvalue weighted by molar-refractivity contribution is 5.94. The molecule has 7 heteroatoms. The molecule has 1 N–H and O–H groups in total. The van der Waals surface area contributed by atoms with Crippen molar-refractivity contribution in [2.75, 3.05) is 57.8 Å². The summed E-state index contributed by atoms with van der Waals surface area (Å²) >= 11 is 0. The monoisotopic (exact) mass is 376 g/mol. The number of nitrogens with zero attached hydrogens (tertiary/aromatic N) is 3. The Morgan fingerprint density at radius 3 is 2.56 bits per heavy atom. The number of carbonyl (C=O) groups excluding carboxylic acids is 2. The second kappa shape index (κ2) is 8.80. The lowest BCUT2D eigenvalue weighted by molar-refractivity contribution is -0.133. The zero-order valence-electron chi connectivity index (χ0n) is 16.2. The summed E-state index contributed by atoms with van der Waals surface area (Å²) in [6.45, 7) is 6.15. The highest BCUT2D eigenvalue weighted by atomic mass is 19.1. The molecule has 148 valence electrons. The van der Waals surface area contributed by atoms with E-state index in [2.05, 4.69) is 10.2 Å². The van der Waals surface area contributed by atoms with Crippen LogP contribution in [0, 0.1) is 5.82 Å². The van der Waals surface area contributed by atoms with Gasteiger partial charge in [-0.25, -0.2) is 4.39 Å². The summed E-state index contributed by atoms with van der Waals surface area (Å²) in [5.74, 6) is -0.373. The Balaban J connectivity index is 1.52. The summed E-state index contributed by atoms with van der Waals surface area (Å²) in [7, 11) is 1.97. The number of likely N-dealkylation sites (N-methyl/N-ethyl adjacent to an activating group) is 1. The lowest BCUT2D eigenvalue weighted by Gasteiger charge is -2.38. The van der Waals surface area contributed by atoms with E-state index in [1.807, 2.05) is 16.8 Å². The standard InChI is InChI=1S/C20H29FN4O2/c1-15(26)16-5-6-19(18(21)12-16)24-8-10-25(11-9-24)20(27)14-23-7-3-4-17(13-23)22-2/h5-6,12,17,22H,3-4,7-11,13-14H2,1-2H3. The first-order valence-electron chi connectivity index (χ1n) is 9.70. The maximum atomic E-state index is 14.3. The van der Waals surface area contributed by atoms with E-state index in [9.17, 15) is 14.0 Å². The Kier molecular flexibility index (Phi) is 6.44. The van der Waals surface area contributed by atoms with Crippen LogP contribution in [0.4, 0.5) is 10.1 Å². The molecule has 0 saturated carbocycles. The molecule has 1 atom stereocenters. The van der Waals surface area contributed by atoms with Gasteiger partial charge in [-0.1, -0.05) is 0 Å². The molecule has 2 heterocycles. The van der Waals surface area contributed by atoms with E-state index in [1.165, 1.54) is 13.0 Å². The Bertz CT molecular complexity index is 689. The van der Waals surface area contributed by atoms with Gasteiger partial charge in [0, 0.05) is 44.3 Å². The minimum absolute atomic E-state index is 0.144. The van der Waals surface area contributed by atoms with Crippen LogP contribution in [-0.2, 0) is 4.79 Å². The zero-order chi connectivity index (χ0) is 19.4. The van der Waals surface area contributed by atoms with Crippen molar-refractivity contribution in [3.05, 3.63) is 29.6 Å². The molecule has 1 unspecified atom stereocenters. The number of carbonyl (C=O) groups is 2. The average Bonchev–Trinajstić information content (AvgIpc) is 2.68. The van der Waals surface area contributed by atoms with E-state index in [1.54, 1.807) is 12.1 Å². The number of piperazine rings is 1. The molecule has 27 heavy (non-hydrogen) atoms. The van der Waals surface area contributed by atoms with Crippen molar-refractivity contribution >= 4 is 17.4 Å². The Labute approximate surface area is 160 Å².